The quantitative estimate of drug-likeness (QED) is 0.703. The van der Waals surface area contributed by atoms with E-state index in [1.54, 1.807) is 12.1 Å². The van der Waals surface area contributed by atoms with Crippen LogP contribution in [0, 0.1) is 5.82 Å². The van der Waals surface area contributed by atoms with Crippen molar-refractivity contribution < 1.29 is 9.18 Å². The summed E-state index contributed by atoms with van der Waals surface area (Å²) in [5, 5.41) is 0. The van der Waals surface area contributed by atoms with Gasteiger partial charge in [-0.25, -0.2) is 4.39 Å². The van der Waals surface area contributed by atoms with Gasteiger partial charge in [0.15, 0.2) is 0 Å². The molecule has 3 aromatic rings. The van der Waals surface area contributed by atoms with E-state index in [9.17, 15) is 9.18 Å². The first-order valence-corrected chi connectivity index (χ1v) is 8.00. The Kier molecular flexibility index (Phi) is 3.65. The molecule has 0 bridgehead atoms. The Hall–Kier alpha value is -2.88. The Morgan fingerprint density at radius 1 is 0.958 bits per heavy atom. The molecule has 4 heteroatoms. The lowest BCUT2D eigenvalue weighted by Crippen LogP contribution is -2.42. The molecule has 2 heterocycles. The molecule has 0 saturated carbocycles. The highest BCUT2D eigenvalue weighted by Gasteiger charge is 2.32. The smallest absolute Gasteiger partial charge is 0.254 e. The zero-order valence-electron chi connectivity index (χ0n) is 13.1. The van der Waals surface area contributed by atoms with Crippen LogP contribution in [0.4, 0.5) is 4.39 Å². The minimum absolute atomic E-state index is 0.143. The molecule has 0 N–H and O–H groups in total. The molecule has 3 nitrogen and oxygen atoms in total. The van der Waals surface area contributed by atoms with Gasteiger partial charge in [-0.2, -0.15) is 0 Å². The van der Waals surface area contributed by atoms with E-state index < -0.39 is 5.82 Å². The summed E-state index contributed by atoms with van der Waals surface area (Å²) in [5.41, 5.74) is 2.52. The largest absolute Gasteiger partial charge is 0.348 e. The Morgan fingerprint density at radius 2 is 1.79 bits per heavy atom. The van der Waals surface area contributed by atoms with Gasteiger partial charge in [-0.05, 0) is 35.9 Å². The summed E-state index contributed by atoms with van der Waals surface area (Å²) < 4.78 is 15.7. The molecule has 0 radical (unpaired) electrons. The minimum atomic E-state index is -0.391. The van der Waals surface area contributed by atoms with Crippen LogP contribution in [0.25, 0.3) is 0 Å². The molecule has 0 saturated heterocycles. The fourth-order valence-corrected chi connectivity index (χ4v) is 3.38. The van der Waals surface area contributed by atoms with Crippen LogP contribution in [-0.2, 0) is 6.54 Å². The predicted octanol–water partition coefficient (Wildman–Crippen LogP) is 3.87. The number of rotatable bonds is 2. The van der Waals surface area contributed by atoms with Crippen molar-refractivity contribution in [3.63, 3.8) is 0 Å². The van der Waals surface area contributed by atoms with Crippen molar-refractivity contribution in [2.45, 2.75) is 12.6 Å². The van der Waals surface area contributed by atoms with Crippen molar-refractivity contribution in [3.8, 4) is 0 Å². The van der Waals surface area contributed by atoms with Crippen molar-refractivity contribution in [3.05, 3.63) is 95.6 Å². The maximum Gasteiger partial charge on any atom is 0.254 e. The highest BCUT2D eigenvalue weighted by atomic mass is 19.1. The van der Waals surface area contributed by atoms with Gasteiger partial charge >= 0.3 is 0 Å². The lowest BCUT2D eigenvalue weighted by Gasteiger charge is -2.37. The number of fused-ring (bicyclic) bond motifs is 1. The average molecular weight is 320 g/mol. The summed E-state index contributed by atoms with van der Waals surface area (Å²) in [5.74, 6) is -0.534. The number of aromatic nitrogens is 1. The third-order valence-electron chi connectivity index (χ3n) is 4.49. The molecule has 2 aromatic carbocycles. The van der Waals surface area contributed by atoms with E-state index in [1.165, 1.54) is 12.1 Å². The molecule has 1 aromatic heterocycles. The topological polar surface area (TPSA) is 25.2 Å². The Balaban J connectivity index is 1.78. The van der Waals surface area contributed by atoms with Crippen LogP contribution in [0.3, 0.4) is 0 Å². The second kappa shape index (κ2) is 5.96. The van der Waals surface area contributed by atoms with Crippen LogP contribution in [0.1, 0.15) is 27.7 Å². The van der Waals surface area contributed by atoms with Crippen molar-refractivity contribution in [2.75, 3.05) is 6.54 Å². The van der Waals surface area contributed by atoms with Crippen LogP contribution in [0.15, 0.2) is 72.9 Å². The third kappa shape index (κ3) is 2.50. The lowest BCUT2D eigenvalue weighted by atomic mass is 9.99. The third-order valence-corrected chi connectivity index (χ3v) is 4.49. The molecule has 120 valence electrons. The molecular weight excluding hydrogens is 303 g/mol. The normalized spacial score (nSPS) is 16.7. The maximum absolute atomic E-state index is 13.5. The molecule has 1 aliphatic rings. The fourth-order valence-electron chi connectivity index (χ4n) is 3.38. The van der Waals surface area contributed by atoms with Crippen molar-refractivity contribution >= 4 is 5.91 Å². The summed E-state index contributed by atoms with van der Waals surface area (Å²) in [4.78, 5) is 14.9. The number of halogens is 1. The van der Waals surface area contributed by atoms with E-state index in [0.29, 0.717) is 12.1 Å². The maximum atomic E-state index is 13.5. The predicted molar refractivity (Wildman–Crippen MR) is 90.2 cm³/mol. The summed E-state index contributed by atoms with van der Waals surface area (Å²) >= 11 is 0. The van der Waals surface area contributed by atoms with Crippen molar-refractivity contribution in [1.82, 2.24) is 9.47 Å². The van der Waals surface area contributed by atoms with Gasteiger partial charge in [0.25, 0.3) is 5.91 Å². The highest BCUT2D eigenvalue weighted by Crippen LogP contribution is 2.33. The van der Waals surface area contributed by atoms with Gasteiger partial charge in [0, 0.05) is 30.5 Å². The van der Waals surface area contributed by atoms with E-state index in [-0.39, 0.29) is 11.9 Å². The number of nitrogens with zero attached hydrogens (tertiary/aromatic N) is 2. The first-order valence-electron chi connectivity index (χ1n) is 8.00. The van der Waals surface area contributed by atoms with Crippen LogP contribution in [0.2, 0.25) is 0 Å². The van der Waals surface area contributed by atoms with Gasteiger partial charge in [0.05, 0.1) is 6.04 Å². The Bertz CT molecular complexity index is 872. The molecule has 4 rings (SSSR count). The summed E-state index contributed by atoms with van der Waals surface area (Å²) in [7, 11) is 0. The molecule has 0 aliphatic carbocycles. The zero-order valence-corrected chi connectivity index (χ0v) is 13.1. The number of amides is 1. The van der Waals surface area contributed by atoms with Gasteiger partial charge in [0.2, 0.25) is 0 Å². The molecule has 1 amide bonds. The number of carbonyl (C=O) groups is 1. The Morgan fingerprint density at radius 3 is 2.58 bits per heavy atom. The fraction of sp³-hybridized carbons (Fsp3) is 0.150. The number of hydrogen-bond donors (Lipinski definition) is 0. The second-order valence-corrected chi connectivity index (χ2v) is 5.95. The van der Waals surface area contributed by atoms with Gasteiger partial charge in [-0.15, -0.1) is 0 Å². The van der Waals surface area contributed by atoms with Crippen molar-refractivity contribution in [2.24, 2.45) is 0 Å². The van der Waals surface area contributed by atoms with E-state index in [2.05, 4.69) is 4.57 Å². The molecule has 0 fully saturated rings. The molecule has 0 spiro atoms. The second-order valence-electron chi connectivity index (χ2n) is 5.95. The van der Waals surface area contributed by atoms with Crippen LogP contribution in [0.5, 0.6) is 0 Å². The monoisotopic (exact) mass is 320 g/mol. The number of benzene rings is 2. The van der Waals surface area contributed by atoms with Crippen LogP contribution >= 0.6 is 0 Å². The number of carbonyl (C=O) groups excluding carboxylic acids is 1. The number of hydrogen-bond acceptors (Lipinski definition) is 1. The molecule has 1 aliphatic heterocycles. The molecule has 24 heavy (non-hydrogen) atoms. The molecule has 1 atom stereocenters. The Labute approximate surface area is 140 Å². The van der Waals surface area contributed by atoms with Crippen molar-refractivity contribution in [1.29, 1.82) is 0 Å². The minimum Gasteiger partial charge on any atom is -0.348 e. The zero-order chi connectivity index (χ0) is 16.5. The standard InChI is InChI=1S/C20H17FN2O/c21-17-9-4-8-16(14-17)20(24)23-13-12-22-11-5-10-18(22)19(23)15-6-2-1-3-7-15/h1-11,14,19H,12-13H2. The van der Waals surface area contributed by atoms with Gasteiger partial charge < -0.3 is 9.47 Å². The van der Waals surface area contributed by atoms with E-state index >= 15 is 0 Å². The van der Waals surface area contributed by atoms with E-state index in [4.69, 9.17) is 0 Å². The molecule has 1 unspecified atom stereocenters. The first-order chi connectivity index (χ1) is 11.7. The summed E-state index contributed by atoms with van der Waals surface area (Å²) in [6.45, 7) is 1.34. The summed E-state index contributed by atoms with van der Waals surface area (Å²) in [6, 6.07) is 19.8. The van der Waals surface area contributed by atoms with E-state index in [1.807, 2.05) is 53.6 Å². The first kappa shape index (κ1) is 14.7. The summed E-state index contributed by atoms with van der Waals surface area (Å²) in [6.07, 6.45) is 2.04. The molecular formula is C20H17FN2O. The van der Waals surface area contributed by atoms with Crippen LogP contribution < -0.4 is 0 Å². The highest BCUT2D eigenvalue weighted by molar-refractivity contribution is 5.94. The van der Waals surface area contributed by atoms with E-state index in [0.717, 1.165) is 17.8 Å². The average Bonchev–Trinajstić information content (AvgIpc) is 3.09. The lowest BCUT2D eigenvalue weighted by molar-refractivity contribution is 0.0663. The van der Waals surface area contributed by atoms with Crippen LogP contribution in [-0.4, -0.2) is 21.9 Å². The van der Waals surface area contributed by atoms with Gasteiger partial charge in [0.1, 0.15) is 5.82 Å². The van der Waals surface area contributed by atoms with Gasteiger partial charge in [-0.3, -0.25) is 4.79 Å². The SMILES string of the molecule is O=C(c1cccc(F)c1)N1CCn2cccc2C1c1ccccc1. The van der Waals surface area contributed by atoms with Gasteiger partial charge in [-0.1, -0.05) is 36.4 Å².